The van der Waals surface area contributed by atoms with Crippen molar-refractivity contribution in [2.75, 3.05) is 13.2 Å². The van der Waals surface area contributed by atoms with E-state index in [0.717, 1.165) is 0 Å². The summed E-state index contributed by atoms with van der Waals surface area (Å²) in [5.74, 6) is 4.17. The summed E-state index contributed by atoms with van der Waals surface area (Å²) in [5.41, 5.74) is 0. The minimum atomic E-state index is -2.49. The molecule has 0 saturated heterocycles. The van der Waals surface area contributed by atoms with Gasteiger partial charge in [-0.3, -0.25) is 0 Å². The van der Waals surface area contributed by atoms with Crippen molar-refractivity contribution < 1.29 is 23.7 Å². The van der Waals surface area contributed by atoms with Crippen molar-refractivity contribution in [3.63, 3.8) is 0 Å². The number of rotatable bonds is 6. The molecule has 6 heteroatoms. The molecule has 0 saturated carbocycles. The first-order valence-corrected chi connectivity index (χ1v) is 3.84. The zero-order chi connectivity index (χ0) is 9.23. The Balaban J connectivity index is 3.24. The number of hydrogen-bond donors (Lipinski definition) is 0. The highest BCUT2D eigenvalue weighted by Crippen LogP contribution is 2.23. The molecule has 0 N–H and O–H groups in total. The second kappa shape index (κ2) is 8.16. The molecule has 0 aromatic rings. The second-order valence-electron chi connectivity index (χ2n) is 1.31. The topological polar surface area (TPSA) is 54.0 Å². The predicted molar refractivity (Wildman–Crippen MR) is 39.3 cm³/mol. The van der Waals surface area contributed by atoms with Crippen LogP contribution in [0.5, 0.6) is 0 Å². The molecule has 0 atom stereocenters. The van der Waals surface area contributed by atoms with Gasteiger partial charge in [0.05, 0.1) is 9.35 Å². The smallest absolute Gasteiger partial charge is 0.174 e. The third-order valence-electron chi connectivity index (χ3n) is 0.512. The Morgan fingerprint density at radius 1 is 1.08 bits per heavy atom. The molecule has 0 rings (SSSR count). The summed E-state index contributed by atoms with van der Waals surface area (Å²) in [5, 5.41) is 0. The molecule has 0 heterocycles. The van der Waals surface area contributed by atoms with E-state index >= 15 is 0 Å². The molecule has 0 radical (unpaired) electrons. The van der Waals surface area contributed by atoms with E-state index < -0.39 is 8.25 Å². The Hall–Kier alpha value is -0.940. The lowest BCUT2D eigenvalue weighted by Crippen LogP contribution is -1.91. The maximum Gasteiger partial charge on any atom is 0.759 e. The summed E-state index contributed by atoms with van der Waals surface area (Å²) >= 11 is 0. The molecular formula is C6H6O5P+. The molecule has 0 bridgehead atoms. The quantitative estimate of drug-likeness (QED) is 0.203. The first-order valence-electron chi connectivity index (χ1n) is 2.74. The highest BCUT2D eigenvalue weighted by Gasteiger charge is 2.23. The van der Waals surface area contributed by atoms with Gasteiger partial charge in [0.2, 0.25) is 0 Å². The van der Waals surface area contributed by atoms with E-state index in [1.165, 1.54) is 0 Å². The zero-order valence-electron chi connectivity index (χ0n) is 6.06. The standard InChI is InChI=1S/C6H6O5P/c1-3-5-8-10-12(7)11-9-6-4-2/h1-2H,5-6H2/q+1. The Morgan fingerprint density at radius 2 is 1.50 bits per heavy atom. The highest BCUT2D eigenvalue weighted by atomic mass is 31.1. The Kier molecular flexibility index (Phi) is 7.52. The van der Waals surface area contributed by atoms with Crippen molar-refractivity contribution in [1.29, 1.82) is 0 Å². The van der Waals surface area contributed by atoms with Crippen LogP contribution >= 0.6 is 8.25 Å². The zero-order valence-corrected chi connectivity index (χ0v) is 6.95. The van der Waals surface area contributed by atoms with E-state index in [2.05, 4.69) is 31.0 Å². The van der Waals surface area contributed by atoms with Crippen molar-refractivity contribution in [2.45, 2.75) is 0 Å². The van der Waals surface area contributed by atoms with Gasteiger partial charge in [-0.15, -0.1) is 12.8 Å². The van der Waals surface area contributed by atoms with E-state index in [-0.39, 0.29) is 13.2 Å². The Morgan fingerprint density at radius 3 is 1.83 bits per heavy atom. The van der Waals surface area contributed by atoms with Gasteiger partial charge in [-0.1, -0.05) is 11.8 Å². The SMILES string of the molecule is C#CCOO[P+](=O)OOCC#C. The van der Waals surface area contributed by atoms with E-state index in [4.69, 9.17) is 12.8 Å². The number of hydrogen-bond acceptors (Lipinski definition) is 5. The summed E-state index contributed by atoms with van der Waals surface area (Å²) in [4.78, 5) is 8.40. The van der Waals surface area contributed by atoms with E-state index in [1.807, 2.05) is 0 Å². The third-order valence-corrected chi connectivity index (χ3v) is 0.966. The lowest BCUT2D eigenvalue weighted by molar-refractivity contribution is -0.247. The van der Waals surface area contributed by atoms with Gasteiger partial charge in [-0.2, -0.15) is 9.78 Å². The summed E-state index contributed by atoms with van der Waals surface area (Å²) in [6.45, 7) is -0.251. The Labute approximate surface area is 70.8 Å². The third kappa shape index (κ3) is 7.17. The molecule has 5 nitrogen and oxygen atoms in total. The summed E-state index contributed by atoms with van der Waals surface area (Å²) in [7, 11) is -2.49. The van der Waals surface area contributed by atoms with Crippen LogP contribution in [-0.4, -0.2) is 13.2 Å². The normalized spacial score (nSPS) is 8.50. The van der Waals surface area contributed by atoms with E-state index in [1.54, 1.807) is 0 Å². The van der Waals surface area contributed by atoms with Gasteiger partial charge in [-0.25, -0.2) is 0 Å². The Bertz CT molecular complexity index is 191. The van der Waals surface area contributed by atoms with Gasteiger partial charge < -0.3 is 0 Å². The molecule has 0 aromatic carbocycles. The number of terminal acetylenes is 2. The maximum absolute atomic E-state index is 10.5. The van der Waals surface area contributed by atoms with Crippen molar-refractivity contribution in [3.8, 4) is 24.7 Å². The van der Waals surface area contributed by atoms with Crippen LogP contribution in [0.2, 0.25) is 0 Å². The van der Waals surface area contributed by atoms with Crippen molar-refractivity contribution >= 4 is 8.25 Å². The molecule has 0 spiro atoms. The maximum atomic E-state index is 10.5. The average Bonchev–Trinajstić information content (AvgIpc) is 2.06. The van der Waals surface area contributed by atoms with E-state index in [0.29, 0.717) is 0 Å². The first kappa shape index (κ1) is 11.1. The lowest BCUT2D eigenvalue weighted by Gasteiger charge is -1.85. The molecule has 0 aliphatic heterocycles. The van der Waals surface area contributed by atoms with Crippen molar-refractivity contribution in [3.05, 3.63) is 0 Å². The molecule has 0 aromatic heterocycles. The average molecular weight is 189 g/mol. The van der Waals surface area contributed by atoms with Crippen LogP contribution in [0.1, 0.15) is 0 Å². The minimum absolute atomic E-state index is 0.125. The molecule has 64 valence electrons. The van der Waals surface area contributed by atoms with Crippen LogP contribution in [-0.2, 0) is 23.7 Å². The first-order chi connectivity index (χ1) is 5.81. The van der Waals surface area contributed by atoms with Gasteiger partial charge in [0, 0.05) is 4.57 Å². The molecule has 0 fully saturated rings. The van der Waals surface area contributed by atoms with Crippen LogP contribution in [0.4, 0.5) is 0 Å². The highest BCUT2D eigenvalue weighted by molar-refractivity contribution is 7.32. The summed E-state index contributed by atoms with van der Waals surface area (Å²) < 4.78 is 18.7. The minimum Gasteiger partial charge on any atom is -0.174 e. The molecular weight excluding hydrogens is 183 g/mol. The van der Waals surface area contributed by atoms with Gasteiger partial charge in [0.1, 0.15) is 13.2 Å². The van der Waals surface area contributed by atoms with Crippen LogP contribution < -0.4 is 0 Å². The second-order valence-corrected chi connectivity index (χ2v) is 2.05. The van der Waals surface area contributed by atoms with Crippen LogP contribution in [0.25, 0.3) is 0 Å². The van der Waals surface area contributed by atoms with Gasteiger partial charge in [0.25, 0.3) is 0 Å². The molecule has 0 amide bonds. The molecule has 0 aliphatic carbocycles. The molecule has 12 heavy (non-hydrogen) atoms. The summed E-state index contributed by atoms with van der Waals surface area (Å²) in [6.07, 6.45) is 9.58. The fourth-order valence-electron chi connectivity index (χ4n) is 0.219. The van der Waals surface area contributed by atoms with Crippen LogP contribution in [0, 0.1) is 24.7 Å². The van der Waals surface area contributed by atoms with Crippen LogP contribution in [0.15, 0.2) is 0 Å². The largest absolute Gasteiger partial charge is 0.759 e. The predicted octanol–water partition coefficient (Wildman–Crippen LogP) is 0.807. The van der Waals surface area contributed by atoms with Gasteiger partial charge >= 0.3 is 8.25 Å². The monoisotopic (exact) mass is 189 g/mol. The van der Waals surface area contributed by atoms with Crippen molar-refractivity contribution in [2.24, 2.45) is 0 Å². The van der Waals surface area contributed by atoms with E-state index in [9.17, 15) is 4.57 Å². The van der Waals surface area contributed by atoms with Gasteiger partial charge in [0.15, 0.2) is 0 Å². The summed E-state index contributed by atoms with van der Waals surface area (Å²) in [6, 6.07) is 0. The fourth-order valence-corrected chi connectivity index (χ4v) is 0.522. The molecule has 0 unspecified atom stereocenters. The van der Waals surface area contributed by atoms with Crippen molar-refractivity contribution in [1.82, 2.24) is 0 Å². The van der Waals surface area contributed by atoms with Crippen LogP contribution in [0.3, 0.4) is 0 Å². The van der Waals surface area contributed by atoms with Gasteiger partial charge in [-0.05, 0) is 0 Å². The fraction of sp³-hybridized carbons (Fsp3) is 0.333. The lowest BCUT2D eigenvalue weighted by atomic mass is 10.8. The molecule has 0 aliphatic rings.